The molecule has 96 valence electrons. The maximum absolute atomic E-state index is 13.6. The van der Waals surface area contributed by atoms with Gasteiger partial charge >= 0.3 is 0 Å². The van der Waals surface area contributed by atoms with Gasteiger partial charge in [-0.2, -0.15) is 0 Å². The number of rotatable bonds is 5. The van der Waals surface area contributed by atoms with Gasteiger partial charge in [-0.25, -0.2) is 4.39 Å². The second kappa shape index (κ2) is 5.93. The molecule has 5 heteroatoms. The minimum Gasteiger partial charge on any atom is -0.494 e. The fourth-order valence-electron chi connectivity index (χ4n) is 1.82. The van der Waals surface area contributed by atoms with Crippen LogP contribution in [0.3, 0.4) is 0 Å². The van der Waals surface area contributed by atoms with E-state index >= 15 is 0 Å². The van der Waals surface area contributed by atoms with Crippen LogP contribution in [0.4, 0.5) is 4.39 Å². The summed E-state index contributed by atoms with van der Waals surface area (Å²) in [4.78, 5) is 5.21. The SMILES string of the molecule is CNC(Cc1ccc(OC)c(F)c1)c1cncs1. The molecule has 2 aromatic rings. The highest BCUT2D eigenvalue weighted by Crippen LogP contribution is 2.24. The van der Waals surface area contributed by atoms with Gasteiger partial charge in [-0.1, -0.05) is 6.07 Å². The van der Waals surface area contributed by atoms with Crippen LogP contribution >= 0.6 is 11.3 Å². The van der Waals surface area contributed by atoms with E-state index in [1.165, 1.54) is 13.2 Å². The quantitative estimate of drug-likeness (QED) is 0.903. The second-order valence-corrected chi connectivity index (χ2v) is 4.84. The summed E-state index contributed by atoms with van der Waals surface area (Å²) in [5, 5.41) is 3.22. The smallest absolute Gasteiger partial charge is 0.165 e. The maximum atomic E-state index is 13.6. The van der Waals surface area contributed by atoms with E-state index in [9.17, 15) is 4.39 Å². The first-order chi connectivity index (χ1) is 8.74. The number of halogens is 1. The zero-order chi connectivity index (χ0) is 13.0. The monoisotopic (exact) mass is 266 g/mol. The Balaban J connectivity index is 2.15. The number of ether oxygens (including phenoxy) is 1. The van der Waals surface area contributed by atoms with Crippen molar-refractivity contribution in [2.75, 3.05) is 14.2 Å². The predicted octanol–water partition coefficient (Wildman–Crippen LogP) is 2.79. The molecule has 1 unspecified atom stereocenters. The van der Waals surface area contributed by atoms with Crippen LogP contribution < -0.4 is 10.1 Å². The van der Waals surface area contributed by atoms with Crippen molar-refractivity contribution in [1.29, 1.82) is 0 Å². The van der Waals surface area contributed by atoms with Crippen molar-refractivity contribution in [3.05, 3.63) is 46.2 Å². The summed E-state index contributed by atoms with van der Waals surface area (Å²) in [6.07, 6.45) is 2.56. The zero-order valence-electron chi connectivity index (χ0n) is 10.3. The Labute approximate surface area is 110 Å². The molecular formula is C13H15FN2OS. The van der Waals surface area contributed by atoms with Crippen molar-refractivity contribution < 1.29 is 9.13 Å². The highest BCUT2D eigenvalue weighted by Gasteiger charge is 2.13. The third-order valence-corrected chi connectivity index (χ3v) is 3.69. The van der Waals surface area contributed by atoms with Gasteiger partial charge < -0.3 is 10.1 Å². The third kappa shape index (κ3) is 2.86. The number of likely N-dealkylation sites (N-methyl/N-ethyl adjacent to an activating group) is 1. The van der Waals surface area contributed by atoms with Crippen molar-refractivity contribution >= 4 is 11.3 Å². The maximum Gasteiger partial charge on any atom is 0.165 e. The molecule has 1 N–H and O–H groups in total. The molecule has 0 spiro atoms. The Morgan fingerprint density at radius 1 is 1.50 bits per heavy atom. The van der Waals surface area contributed by atoms with E-state index in [0.717, 1.165) is 16.9 Å². The Kier molecular flexibility index (Phi) is 4.28. The molecular weight excluding hydrogens is 251 g/mol. The van der Waals surface area contributed by atoms with Gasteiger partial charge in [0.1, 0.15) is 0 Å². The molecule has 1 heterocycles. The number of thiazole rings is 1. The molecule has 0 bridgehead atoms. The van der Waals surface area contributed by atoms with Crippen LogP contribution in [0.15, 0.2) is 29.9 Å². The molecule has 0 aliphatic carbocycles. The highest BCUT2D eigenvalue weighted by atomic mass is 32.1. The lowest BCUT2D eigenvalue weighted by molar-refractivity contribution is 0.386. The lowest BCUT2D eigenvalue weighted by Gasteiger charge is -2.14. The van der Waals surface area contributed by atoms with Gasteiger partial charge in [0.15, 0.2) is 11.6 Å². The van der Waals surface area contributed by atoms with Gasteiger partial charge in [0.25, 0.3) is 0 Å². The molecule has 2 rings (SSSR count). The fourth-order valence-corrected chi connectivity index (χ4v) is 2.55. The molecule has 3 nitrogen and oxygen atoms in total. The van der Waals surface area contributed by atoms with E-state index in [0.29, 0.717) is 0 Å². The number of benzene rings is 1. The van der Waals surface area contributed by atoms with E-state index in [1.807, 2.05) is 19.3 Å². The number of hydrogen-bond acceptors (Lipinski definition) is 4. The Morgan fingerprint density at radius 2 is 2.33 bits per heavy atom. The summed E-state index contributed by atoms with van der Waals surface area (Å²) in [6, 6.07) is 5.21. The second-order valence-electron chi connectivity index (χ2n) is 3.92. The molecule has 0 amide bonds. The van der Waals surface area contributed by atoms with Crippen LogP contribution in [0.2, 0.25) is 0 Å². The van der Waals surface area contributed by atoms with Gasteiger partial charge in [0.2, 0.25) is 0 Å². The molecule has 0 aliphatic rings. The minimum absolute atomic E-state index is 0.158. The number of hydrogen-bond donors (Lipinski definition) is 1. The van der Waals surface area contributed by atoms with E-state index < -0.39 is 0 Å². The van der Waals surface area contributed by atoms with Gasteiger partial charge in [-0.05, 0) is 31.2 Å². The first-order valence-electron chi connectivity index (χ1n) is 5.62. The van der Waals surface area contributed by atoms with Crippen LogP contribution in [-0.4, -0.2) is 19.1 Å². The van der Waals surface area contributed by atoms with Gasteiger partial charge in [0, 0.05) is 17.1 Å². The van der Waals surface area contributed by atoms with Crippen molar-refractivity contribution in [2.24, 2.45) is 0 Å². The molecule has 1 aromatic heterocycles. The Hall–Kier alpha value is -1.46. The summed E-state index contributed by atoms with van der Waals surface area (Å²) in [7, 11) is 3.36. The number of aromatic nitrogens is 1. The number of nitrogens with zero attached hydrogens (tertiary/aromatic N) is 1. The van der Waals surface area contributed by atoms with E-state index in [2.05, 4.69) is 10.3 Å². The van der Waals surface area contributed by atoms with E-state index in [-0.39, 0.29) is 17.6 Å². The topological polar surface area (TPSA) is 34.1 Å². The lowest BCUT2D eigenvalue weighted by Crippen LogP contribution is -2.17. The van der Waals surface area contributed by atoms with Crippen LogP contribution in [0.1, 0.15) is 16.5 Å². The Bertz CT molecular complexity index is 502. The molecule has 1 aromatic carbocycles. The fraction of sp³-hybridized carbons (Fsp3) is 0.308. The predicted molar refractivity (Wildman–Crippen MR) is 70.6 cm³/mol. The molecule has 0 radical (unpaired) electrons. The zero-order valence-corrected chi connectivity index (χ0v) is 11.1. The summed E-state index contributed by atoms with van der Waals surface area (Å²) in [5.41, 5.74) is 2.73. The molecule has 18 heavy (non-hydrogen) atoms. The van der Waals surface area contributed by atoms with Gasteiger partial charge in [-0.15, -0.1) is 11.3 Å². The minimum atomic E-state index is -0.325. The standard InChI is InChI=1S/C13H15FN2OS/c1-15-11(13-7-16-8-18-13)6-9-3-4-12(17-2)10(14)5-9/h3-5,7-8,11,15H,6H2,1-2H3. The Morgan fingerprint density at radius 3 is 2.89 bits per heavy atom. The summed E-state index contributed by atoms with van der Waals surface area (Å²) in [5.74, 6) is -0.0493. The van der Waals surface area contributed by atoms with Crippen molar-refractivity contribution in [3.63, 3.8) is 0 Å². The van der Waals surface area contributed by atoms with E-state index in [1.54, 1.807) is 22.9 Å². The normalized spacial score (nSPS) is 12.4. The molecule has 0 saturated heterocycles. The summed E-state index contributed by atoms with van der Waals surface area (Å²) >= 11 is 1.59. The third-order valence-electron chi connectivity index (χ3n) is 2.80. The van der Waals surface area contributed by atoms with Crippen LogP contribution in [-0.2, 0) is 6.42 Å². The van der Waals surface area contributed by atoms with Crippen molar-refractivity contribution in [1.82, 2.24) is 10.3 Å². The van der Waals surface area contributed by atoms with E-state index in [4.69, 9.17) is 4.74 Å². The molecule has 1 atom stereocenters. The van der Waals surface area contributed by atoms with Crippen LogP contribution in [0.5, 0.6) is 5.75 Å². The lowest BCUT2D eigenvalue weighted by atomic mass is 10.0. The first-order valence-corrected chi connectivity index (χ1v) is 6.50. The summed E-state index contributed by atoms with van der Waals surface area (Å²) in [6.45, 7) is 0. The number of methoxy groups -OCH3 is 1. The van der Waals surface area contributed by atoms with Crippen molar-refractivity contribution in [2.45, 2.75) is 12.5 Å². The average molecular weight is 266 g/mol. The molecule has 0 aliphatic heterocycles. The first kappa shape index (κ1) is 13.0. The molecule has 0 fully saturated rings. The van der Waals surface area contributed by atoms with Crippen LogP contribution in [0, 0.1) is 5.82 Å². The summed E-state index contributed by atoms with van der Waals surface area (Å²) < 4.78 is 18.5. The highest BCUT2D eigenvalue weighted by molar-refractivity contribution is 7.09. The van der Waals surface area contributed by atoms with Crippen LogP contribution in [0.25, 0.3) is 0 Å². The number of nitrogens with one attached hydrogen (secondary N) is 1. The average Bonchev–Trinajstić information content (AvgIpc) is 2.90. The van der Waals surface area contributed by atoms with Gasteiger partial charge in [0.05, 0.1) is 12.6 Å². The molecule has 0 saturated carbocycles. The van der Waals surface area contributed by atoms with Crippen molar-refractivity contribution in [3.8, 4) is 5.75 Å². The van der Waals surface area contributed by atoms with Gasteiger partial charge in [-0.3, -0.25) is 4.98 Å². The largest absolute Gasteiger partial charge is 0.494 e.